The number of amides is 2. The number of halogens is 2. The molecule has 0 aromatic heterocycles. The van der Waals surface area contributed by atoms with Crippen LogP contribution in [0.2, 0.25) is 0 Å². The summed E-state index contributed by atoms with van der Waals surface area (Å²) >= 11 is 3.35. The van der Waals surface area contributed by atoms with Gasteiger partial charge in [-0.3, -0.25) is 9.59 Å². The van der Waals surface area contributed by atoms with E-state index in [2.05, 4.69) is 21.2 Å². The third kappa shape index (κ3) is 2.74. The van der Waals surface area contributed by atoms with Crippen molar-refractivity contribution in [3.05, 3.63) is 58.8 Å². The number of imide groups is 1. The number of nitrogens with zero attached hydrogens (tertiary/aromatic N) is 1. The van der Waals surface area contributed by atoms with Crippen molar-refractivity contribution in [2.24, 2.45) is 0 Å². The van der Waals surface area contributed by atoms with Gasteiger partial charge in [0.25, 0.3) is 5.91 Å². The van der Waals surface area contributed by atoms with Crippen LogP contribution >= 0.6 is 15.9 Å². The molecule has 1 atom stereocenters. The Morgan fingerprint density at radius 1 is 1.09 bits per heavy atom. The van der Waals surface area contributed by atoms with Crippen LogP contribution in [0.25, 0.3) is 0 Å². The number of hydrogen-bond acceptors (Lipinski definition) is 3. The lowest BCUT2D eigenvalue weighted by Crippen LogP contribution is -2.35. The van der Waals surface area contributed by atoms with Gasteiger partial charge in [-0.1, -0.05) is 12.1 Å². The number of rotatable bonds is 3. The first kappa shape index (κ1) is 14.7. The van der Waals surface area contributed by atoms with Gasteiger partial charge in [0.2, 0.25) is 5.91 Å². The van der Waals surface area contributed by atoms with Crippen LogP contribution in [-0.2, 0) is 9.59 Å². The number of nitrogens with one attached hydrogen (secondary N) is 1. The van der Waals surface area contributed by atoms with Crippen LogP contribution in [0, 0.1) is 5.82 Å². The van der Waals surface area contributed by atoms with Crippen LogP contribution in [0.1, 0.15) is 6.42 Å². The van der Waals surface area contributed by atoms with E-state index >= 15 is 0 Å². The van der Waals surface area contributed by atoms with Gasteiger partial charge in [0.1, 0.15) is 11.9 Å². The van der Waals surface area contributed by atoms with Gasteiger partial charge in [0, 0.05) is 10.2 Å². The summed E-state index contributed by atoms with van der Waals surface area (Å²) in [6.45, 7) is 0. The Bertz CT molecular complexity index is 733. The lowest BCUT2D eigenvalue weighted by molar-refractivity contribution is -0.121. The number of benzene rings is 2. The number of carbonyl (C=O) groups excluding carboxylic acids is 2. The molecule has 0 saturated carbocycles. The van der Waals surface area contributed by atoms with Crippen molar-refractivity contribution < 1.29 is 14.0 Å². The Balaban J connectivity index is 1.82. The smallest absolute Gasteiger partial charge is 0.256 e. The van der Waals surface area contributed by atoms with E-state index in [-0.39, 0.29) is 24.1 Å². The van der Waals surface area contributed by atoms with E-state index in [1.54, 1.807) is 18.2 Å². The molecule has 1 N–H and O–H groups in total. The second kappa shape index (κ2) is 5.88. The zero-order valence-corrected chi connectivity index (χ0v) is 13.0. The highest BCUT2D eigenvalue weighted by molar-refractivity contribution is 9.10. The monoisotopic (exact) mass is 362 g/mol. The highest BCUT2D eigenvalue weighted by Gasteiger charge is 2.40. The fourth-order valence-electron chi connectivity index (χ4n) is 2.38. The number of carbonyl (C=O) groups is 2. The highest BCUT2D eigenvalue weighted by atomic mass is 79.9. The lowest BCUT2D eigenvalue weighted by Gasteiger charge is -2.17. The van der Waals surface area contributed by atoms with E-state index in [1.165, 1.54) is 29.2 Å². The molecule has 0 bridgehead atoms. The molecule has 1 heterocycles. The molecule has 1 aliphatic rings. The van der Waals surface area contributed by atoms with Gasteiger partial charge in [-0.05, 0) is 52.3 Å². The first-order valence-electron chi connectivity index (χ1n) is 6.69. The van der Waals surface area contributed by atoms with E-state index in [4.69, 9.17) is 0 Å². The number of anilines is 2. The van der Waals surface area contributed by atoms with Crippen molar-refractivity contribution in [3.8, 4) is 0 Å². The zero-order valence-electron chi connectivity index (χ0n) is 11.4. The third-order valence-electron chi connectivity index (χ3n) is 3.43. The standard InChI is InChI=1S/C16H12BrFN2O2/c17-12-3-1-2-4-14(12)20-15(21)9-13(16(20)22)19-11-7-5-10(18)6-8-11/h1-8,13,19H,9H2/t13-/m0/s1. The SMILES string of the molecule is O=C1C[C@H](Nc2ccc(F)cc2)C(=O)N1c1ccccc1Br. The minimum Gasteiger partial charge on any atom is -0.373 e. The van der Waals surface area contributed by atoms with Gasteiger partial charge in [-0.15, -0.1) is 0 Å². The van der Waals surface area contributed by atoms with Crippen molar-refractivity contribution in [1.82, 2.24) is 0 Å². The van der Waals surface area contributed by atoms with Crippen LogP contribution in [0.4, 0.5) is 15.8 Å². The predicted octanol–water partition coefficient (Wildman–Crippen LogP) is 3.33. The second-order valence-electron chi connectivity index (χ2n) is 4.93. The summed E-state index contributed by atoms with van der Waals surface area (Å²) in [6.07, 6.45) is 0.0670. The van der Waals surface area contributed by atoms with Crippen LogP contribution in [0.5, 0.6) is 0 Å². The molecule has 4 nitrogen and oxygen atoms in total. The maximum absolute atomic E-state index is 12.9. The Hall–Kier alpha value is -2.21. The molecule has 6 heteroatoms. The molecular formula is C16H12BrFN2O2. The van der Waals surface area contributed by atoms with Crippen LogP contribution in [0.15, 0.2) is 53.0 Å². The topological polar surface area (TPSA) is 49.4 Å². The maximum Gasteiger partial charge on any atom is 0.256 e. The summed E-state index contributed by atoms with van der Waals surface area (Å²) in [7, 11) is 0. The normalized spacial score (nSPS) is 17.9. The van der Waals surface area contributed by atoms with Crippen LogP contribution in [0.3, 0.4) is 0 Å². The summed E-state index contributed by atoms with van der Waals surface area (Å²) in [5, 5.41) is 2.97. The van der Waals surface area contributed by atoms with Gasteiger partial charge in [0.05, 0.1) is 12.1 Å². The average Bonchev–Trinajstić information content (AvgIpc) is 2.77. The number of para-hydroxylation sites is 1. The molecule has 3 rings (SSSR count). The van der Waals surface area contributed by atoms with E-state index in [0.29, 0.717) is 15.8 Å². The largest absolute Gasteiger partial charge is 0.373 e. The minimum atomic E-state index is -0.648. The van der Waals surface area contributed by atoms with Crippen molar-refractivity contribution in [1.29, 1.82) is 0 Å². The molecular weight excluding hydrogens is 351 g/mol. The second-order valence-corrected chi connectivity index (χ2v) is 5.78. The average molecular weight is 363 g/mol. The molecule has 112 valence electrons. The summed E-state index contributed by atoms with van der Waals surface area (Å²) < 4.78 is 13.6. The van der Waals surface area contributed by atoms with Gasteiger partial charge in [-0.2, -0.15) is 0 Å². The summed E-state index contributed by atoms with van der Waals surface area (Å²) in [5.41, 5.74) is 1.13. The Labute approximate surface area is 135 Å². The van der Waals surface area contributed by atoms with E-state index in [0.717, 1.165) is 0 Å². The summed E-state index contributed by atoms with van der Waals surface area (Å²) in [4.78, 5) is 25.8. The van der Waals surface area contributed by atoms with E-state index in [1.807, 2.05) is 6.07 Å². The quantitative estimate of drug-likeness (QED) is 0.852. The molecule has 0 spiro atoms. The molecule has 2 aromatic carbocycles. The molecule has 0 radical (unpaired) electrons. The van der Waals surface area contributed by atoms with Crippen molar-refractivity contribution in [2.75, 3.05) is 10.2 Å². The fourth-order valence-corrected chi connectivity index (χ4v) is 2.84. The molecule has 2 amide bonds. The highest BCUT2D eigenvalue weighted by Crippen LogP contribution is 2.31. The first-order valence-corrected chi connectivity index (χ1v) is 7.49. The molecule has 0 unspecified atom stereocenters. The molecule has 22 heavy (non-hydrogen) atoms. The van der Waals surface area contributed by atoms with E-state index in [9.17, 15) is 14.0 Å². The van der Waals surface area contributed by atoms with Gasteiger partial charge >= 0.3 is 0 Å². The number of hydrogen-bond donors (Lipinski definition) is 1. The van der Waals surface area contributed by atoms with E-state index < -0.39 is 6.04 Å². The van der Waals surface area contributed by atoms with Crippen molar-refractivity contribution in [2.45, 2.75) is 12.5 Å². The molecule has 1 saturated heterocycles. The molecule has 0 aliphatic carbocycles. The molecule has 1 aliphatic heterocycles. The third-order valence-corrected chi connectivity index (χ3v) is 4.10. The lowest BCUT2D eigenvalue weighted by atomic mass is 10.2. The Morgan fingerprint density at radius 2 is 1.77 bits per heavy atom. The molecule has 1 fully saturated rings. The Morgan fingerprint density at radius 3 is 2.45 bits per heavy atom. The maximum atomic E-state index is 12.9. The minimum absolute atomic E-state index is 0.0670. The summed E-state index contributed by atoms with van der Waals surface area (Å²) in [5.74, 6) is -0.938. The van der Waals surface area contributed by atoms with Crippen LogP contribution < -0.4 is 10.2 Å². The van der Waals surface area contributed by atoms with Gasteiger partial charge < -0.3 is 5.32 Å². The summed E-state index contributed by atoms with van der Waals surface area (Å²) in [6, 6.07) is 12.1. The van der Waals surface area contributed by atoms with Gasteiger partial charge in [0.15, 0.2) is 0 Å². The van der Waals surface area contributed by atoms with Gasteiger partial charge in [-0.25, -0.2) is 9.29 Å². The van der Waals surface area contributed by atoms with Crippen molar-refractivity contribution in [3.63, 3.8) is 0 Å². The zero-order chi connectivity index (χ0) is 15.7. The predicted molar refractivity (Wildman–Crippen MR) is 85.1 cm³/mol. The Kier molecular flexibility index (Phi) is 3.94. The molecule has 2 aromatic rings. The van der Waals surface area contributed by atoms with Crippen LogP contribution in [-0.4, -0.2) is 17.9 Å². The van der Waals surface area contributed by atoms with Crippen molar-refractivity contribution >= 4 is 39.1 Å². The fraction of sp³-hybridized carbons (Fsp3) is 0.125. The first-order chi connectivity index (χ1) is 10.6.